The third kappa shape index (κ3) is 2.76. The lowest BCUT2D eigenvalue weighted by Crippen LogP contribution is -2.09. The highest BCUT2D eigenvalue weighted by molar-refractivity contribution is 6.31. The van der Waals surface area contributed by atoms with Gasteiger partial charge in [-0.3, -0.25) is 0 Å². The molecule has 0 N–H and O–H groups in total. The van der Waals surface area contributed by atoms with Crippen LogP contribution >= 0.6 is 34.8 Å². The second-order valence-electron chi connectivity index (χ2n) is 4.90. The molecule has 0 bridgehead atoms. The average molecular weight is 340 g/mol. The van der Waals surface area contributed by atoms with E-state index in [2.05, 4.69) is 16.5 Å². The molecule has 0 radical (unpaired) electrons. The third-order valence-electron chi connectivity index (χ3n) is 3.56. The monoisotopic (exact) mass is 338 g/mol. The fourth-order valence-electron chi connectivity index (χ4n) is 2.56. The highest BCUT2D eigenvalue weighted by atomic mass is 35.5. The van der Waals surface area contributed by atoms with E-state index in [0.29, 0.717) is 15.9 Å². The van der Waals surface area contributed by atoms with Crippen molar-refractivity contribution in [1.82, 2.24) is 9.55 Å². The first-order valence-corrected chi connectivity index (χ1v) is 7.87. The Hall–Kier alpha value is -1.22. The van der Waals surface area contributed by atoms with Crippen LogP contribution in [0.15, 0.2) is 42.5 Å². The lowest BCUT2D eigenvalue weighted by atomic mass is 10.1. The molecule has 3 aromatic rings. The van der Waals surface area contributed by atoms with E-state index in [1.165, 1.54) is 0 Å². The lowest BCUT2D eigenvalue weighted by Gasteiger charge is -2.18. The van der Waals surface area contributed by atoms with Crippen molar-refractivity contribution in [2.24, 2.45) is 0 Å². The highest BCUT2D eigenvalue weighted by Crippen LogP contribution is 2.29. The summed E-state index contributed by atoms with van der Waals surface area (Å²) < 4.78 is 2.11. The number of benzene rings is 2. The van der Waals surface area contributed by atoms with Gasteiger partial charge in [-0.1, -0.05) is 35.3 Å². The molecule has 5 heteroatoms. The standard InChI is InChI=1S/C16H13Cl3N2/c1-10(11-3-2-4-12(18)7-11)21-15-8-13(19)5-6-14(15)20-16(21)9-17/h2-8,10H,9H2,1H3. The Bertz CT molecular complexity index is 795. The molecule has 3 rings (SSSR count). The van der Waals surface area contributed by atoms with E-state index in [0.717, 1.165) is 22.4 Å². The summed E-state index contributed by atoms with van der Waals surface area (Å²) in [6.07, 6.45) is 0. The molecule has 0 aliphatic rings. The van der Waals surface area contributed by atoms with Crippen molar-refractivity contribution in [1.29, 1.82) is 0 Å². The second-order valence-corrected chi connectivity index (χ2v) is 6.04. The molecule has 0 spiro atoms. The molecular formula is C16H13Cl3N2. The van der Waals surface area contributed by atoms with E-state index in [1.54, 1.807) is 0 Å². The van der Waals surface area contributed by atoms with E-state index >= 15 is 0 Å². The van der Waals surface area contributed by atoms with E-state index in [9.17, 15) is 0 Å². The van der Waals surface area contributed by atoms with Gasteiger partial charge in [0.05, 0.1) is 23.0 Å². The van der Waals surface area contributed by atoms with E-state index in [1.807, 2.05) is 42.5 Å². The fraction of sp³-hybridized carbons (Fsp3) is 0.188. The van der Waals surface area contributed by atoms with Gasteiger partial charge in [0.15, 0.2) is 0 Å². The van der Waals surface area contributed by atoms with Crippen LogP contribution in [0, 0.1) is 0 Å². The summed E-state index contributed by atoms with van der Waals surface area (Å²) in [6.45, 7) is 2.10. The van der Waals surface area contributed by atoms with Crippen molar-refractivity contribution >= 4 is 45.8 Å². The van der Waals surface area contributed by atoms with Gasteiger partial charge in [0.25, 0.3) is 0 Å². The molecule has 0 amide bonds. The van der Waals surface area contributed by atoms with Crippen molar-refractivity contribution in [2.45, 2.75) is 18.8 Å². The lowest BCUT2D eigenvalue weighted by molar-refractivity contribution is 0.634. The van der Waals surface area contributed by atoms with Gasteiger partial charge in [0, 0.05) is 10.0 Å². The predicted octanol–water partition coefficient (Wildman–Crippen LogP) is 5.69. The van der Waals surface area contributed by atoms with Crippen LogP contribution in [0.3, 0.4) is 0 Å². The van der Waals surface area contributed by atoms with Gasteiger partial charge in [-0.2, -0.15) is 0 Å². The number of hydrogen-bond acceptors (Lipinski definition) is 1. The van der Waals surface area contributed by atoms with Gasteiger partial charge in [0.1, 0.15) is 5.82 Å². The molecule has 21 heavy (non-hydrogen) atoms. The van der Waals surface area contributed by atoms with Crippen LogP contribution in [0.4, 0.5) is 0 Å². The summed E-state index contributed by atoms with van der Waals surface area (Å²) in [5, 5.41) is 1.40. The Kier molecular flexibility index (Phi) is 4.12. The van der Waals surface area contributed by atoms with Crippen LogP contribution < -0.4 is 0 Å². The van der Waals surface area contributed by atoms with Crippen molar-refractivity contribution in [2.75, 3.05) is 0 Å². The number of nitrogens with zero attached hydrogens (tertiary/aromatic N) is 2. The third-order valence-corrected chi connectivity index (χ3v) is 4.27. The largest absolute Gasteiger partial charge is 0.320 e. The molecule has 0 fully saturated rings. The normalized spacial score (nSPS) is 12.8. The number of hydrogen-bond donors (Lipinski definition) is 0. The van der Waals surface area contributed by atoms with Crippen molar-refractivity contribution in [3.63, 3.8) is 0 Å². The number of aromatic nitrogens is 2. The number of rotatable bonds is 3. The summed E-state index contributed by atoms with van der Waals surface area (Å²) >= 11 is 18.3. The van der Waals surface area contributed by atoms with Gasteiger partial charge >= 0.3 is 0 Å². The van der Waals surface area contributed by atoms with Crippen LogP contribution in [0.5, 0.6) is 0 Å². The Morgan fingerprint density at radius 1 is 1.10 bits per heavy atom. The van der Waals surface area contributed by atoms with Gasteiger partial charge in [-0.05, 0) is 42.8 Å². The van der Waals surface area contributed by atoms with Crippen LogP contribution in [0.1, 0.15) is 24.4 Å². The molecule has 0 saturated carbocycles. The molecule has 108 valence electrons. The maximum Gasteiger partial charge on any atom is 0.125 e. The summed E-state index contributed by atoms with van der Waals surface area (Å²) in [5.41, 5.74) is 2.97. The molecule has 1 aromatic heterocycles. The maximum absolute atomic E-state index is 6.12. The molecule has 0 aliphatic heterocycles. The first-order valence-electron chi connectivity index (χ1n) is 6.58. The molecular weight excluding hydrogens is 327 g/mol. The first-order chi connectivity index (χ1) is 10.1. The Morgan fingerprint density at radius 2 is 1.86 bits per heavy atom. The Labute approximate surface area is 138 Å². The zero-order valence-electron chi connectivity index (χ0n) is 11.4. The minimum atomic E-state index is 0.0703. The Morgan fingerprint density at radius 3 is 2.57 bits per heavy atom. The number of imidazole rings is 1. The molecule has 1 unspecified atom stereocenters. The van der Waals surface area contributed by atoms with Gasteiger partial charge in [-0.25, -0.2) is 4.98 Å². The molecule has 1 atom stereocenters. The van der Waals surface area contributed by atoms with Gasteiger partial charge in [-0.15, -0.1) is 11.6 Å². The number of fused-ring (bicyclic) bond motifs is 1. The number of alkyl halides is 1. The van der Waals surface area contributed by atoms with Crippen LogP contribution in [0.25, 0.3) is 11.0 Å². The molecule has 2 nitrogen and oxygen atoms in total. The minimum absolute atomic E-state index is 0.0703. The summed E-state index contributed by atoms with van der Waals surface area (Å²) in [5.74, 6) is 1.17. The van der Waals surface area contributed by atoms with E-state index in [4.69, 9.17) is 34.8 Å². The first kappa shape index (κ1) is 14.7. The summed E-state index contributed by atoms with van der Waals surface area (Å²) in [6, 6.07) is 13.6. The predicted molar refractivity (Wildman–Crippen MR) is 89.6 cm³/mol. The van der Waals surface area contributed by atoms with E-state index < -0.39 is 0 Å². The maximum atomic E-state index is 6.12. The smallest absolute Gasteiger partial charge is 0.125 e. The van der Waals surface area contributed by atoms with Gasteiger partial charge < -0.3 is 4.57 Å². The fourth-order valence-corrected chi connectivity index (χ4v) is 3.11. The molecule has 2 aromatic carbocycles. The SMILES string of the molecule is CC(c1cccc(Cl)c1)n1c(CCl)nc2ccc(Cl)cc21. The molecule has 1 heterocycles. The molecule has 0 aliphatic carbocycles. The highest BCUT2D eigenvalue weighted by Gasteiger charge is 2.17. The zero-order chi connectivity index (χ0) is 15.0. The summed E-state index contributed by atoms with van der Waals surface area (Å²) in [7, 11) is 0. The van der Waals surface area contributed by atoms with Crippen molar-refractivity contribution in [3.8, 4) is 0 Å². The quantitative estimate of drug-likeness (QED) is 0.560. The zero-order valence-corrected chi connectivity index (χ0v) is 13.6. The Balaban J connectivity index is 2.20. The van der Waals surface area contributed by atoms with E-state index in [-0.39, 0.29) is 6.04 Å². The van der Waals surface area contributed by atoms with Crippen molar-refractivity contribution in [3.05, 3.63) is 63.9 Å². The molecule has 0 saturated heterocycles. The van der Waals surface area contributed by atoms with Crippen LogP contribution in [0.2, 0.25) is 10.0 Å². The summed E-state index contributed by atoms with van der Waals surface area (Å²) in [4.78, 5) is 4.58. The second kappa shape index (κ2) is 5.88. The van der Waals surface area contributed by atoms with Crippen molar-refractivity contribution < 1.29 is 0 Å². The average Bonchev–Trinajstić information content (AvgIpc) is 2.84. The van der Waals surface area contributed by atoms with Crippen LogP contribution in [-0.2, 0) is 5.88 Å². The van der Waals surface area contributed by atoms with Crippen LogP contribution in [-0.4, -0.2) is 9.55 Å². The minimum Gasteiger partial charge on any atom is -0.320 e. The topological polar surface area (TPSA) is 17.8 Å². The van der Waals surface area contributed by atoms with Gasteiger partial charge in [0.2, 0.25) is 0 Å². The number of halogens is 3.